The van der Waals surface area contributed by atoms with Crippen molar-refractivity contribution in [3.63, 3.8) is 0 Å². The molecular formula is C12H18N4O2. The molecule has 3 N–H and O–H groups in total. The topological polar surface area (TPSA) is 94.1 Å². The number of nitrogens with one attached hydrogen (secondary N) is 1. The van der Waals surface area contributed by atoms with Gasteiger partial charge in [-0.05, 0) is 47.3 Å². The molecule has 1 aromatic heterocycles. The number of nitro groups is 1. The third kappa shape index (κ3) is 2.76. The van der Waals surface area contributed by atoms with E-state index in [-0.39, 0.29) is 11.9 Å². The fourth-order valence-corrected chi connectivity index (χ4v) is 2.53. The van der Waals surface area contributed by atoms with Crippen LogP contribution in [0.25, 0.3) is 0 Å². The van der Waals surface area contributed by atoms with Crippen molar-refractivity contribution in [2.75, 3.05) is 11.9 Å². The zero-order chi connectivity index (χ0) is 13.0. The lowest BCUT2D eigenvalue weighted by Crippen LogP contribution is -2.36. The zero-order valence-corrected chi connectivity index (χ0v) is 10.2. The fourth-order valence-electron chi connectivity index (χ4n) is 2.53. The molecule has 18 heavy (non-hydrogen) atoms. The van der Waals surface area contributed by atoms with Crippen molar-refractivity contribution in [3.05, 3.63) is 28.4 Å². The van der Waals surface area contributed by atoms with E-state index in [9.17, 15) is 10.1 Å². The molecule has 0 saturated heterocycles. The number of nitrogens with zero attached hydrogens (tertiary/aromatic N) is 2. The Morgan fingerprint density at radius 2 is 2.28 bits per heavy atom. The zero-order valence-electron chi connectivity index (χ0n) is 10.2. The van der Waals surface area contributed by atoms with Gasteiger partial charge in [0.1, 0.15) is 11.9 Å². The van der Waals surface area contributed by atoms with Crippen molar-refractivity contribution in [1.82, 2.24) is 4.98 Å². The van der Waals surface area contributed by atoms with Gasteiger partial charge in [-0.25, -0.2) is 0 Å². The first kappa shape index (κ1) is 12.8. The van der Waals surface area contributed by atoms with E-state index in [1.54, 1.807) is 12.1 Å². The first-order chi connectivity index (χ1) is 8.72. The van der Waals surface area contributed by atoms with Crippen molar-refractivity contribution in [3.8, 4) is 0 Å². The van der Waals surface area contributed by atoms with Crippen LogP contribution in [0.15, 0.2) is 18.3 Å². The predicted molar refractivity (Wildman–Crippen MR) is 69.3 cm³/mol. The Morgan fingerprint density at radius 1 is 1.50 bits per heavy atom. The minimum absolute atomic E-state index is 0.112. The minimum atomic E-state index is -0.456. The molecule has 1 fully saturated rings. The van der Waals surface area contributed by atoms with E-state index < -0.39 is 4.92 Å². The van der Waals surface area contributed by atoms with Crippen LogP contribution >= 0.6 is 0 Å². The molecule has 2 unspecified atom stereocenters. The van der Waals surface area contributed by atoms with E-state index in [4.69, 9.17) is 5.73 Å². The number of nitrogens with two attached hydrogens (primary N) is 1. The number of rotatable bonds is 4. The minimum Gasteiger partial charge on any atom is -0.375 e. The Kier molecular flexibility index (Phi) is 4.09. The third-order valence-electron chi connectivity index (χ3n) is 3.51. The molecule has 6 heteroatoms. The Bertz CT molecular complexity index is 424. The molecule has 1 aliphatic carbocycles. The number of aromatic nitrogens is 1. The SMILES string of the molecule is NCC1CCCCC1Nc1cccnc1[N+](=O)[O-]. The average molecular weight is 250 g/mol. The molecule has 0 spiro atoms. The smallest absolute Gasteiger partial charge is 0.375 e. The van der Waals surface area contributed by atoms with Gasteiger partial charge in [-0.15, -0.1) is 0 Å². The molecule has 1 aromatic rings. The maximum atomic E-state index is 10.9. The predicted octanol–water partition coefficient (Wildman–Crippen LogP) is 1.92. The van der Waals surface area contributed by atoms with Crippen molar-refractivity contribution in [2.24, 2.45) is 11.7 Å². The van der Waals surface area contributed by atoms with E-state index in [0.29, 0.717) is 18.2 Å². The van der Waals surface area contributed by atoms with E-state index in [1.807, 2.05) is 0 Å². The quantitative estimate of drug-likeness (QED) is 0.629. The van der Waals surface area contributed by atoms with Crippen molar-refractivity contribution in [1.29, 1.82) is 0 Å². The van der Waals surface area contributed by atoms with Crippen molar-refractivity contribution < 1.29 is 4.92 Å². The van der Waals surface area contributed by atoms with Crippen LogP contribution in [0.4, 0.5) is 11.5 Å². The summed E-state index contributed by atoms with van der Waals surface area (Å²) in [7, 11) is 0. The van der Waals surface area contributed by atoms with Crippen LogP contribution in [0.3, 0.4) is 0 Å². The summed E-state index contributed by atoms with van der Waals surface area (Å²) in [6.07, 6.45) is 5.86. The second-order valence-corrected chi connectivity index (χ2v) is 4.66. The molecule has 6 nitrogen and oxygen atoms in total. The maximum absolute atomic E-state index is 10.9. The van der Waals surface area contributed by atoms with Gasteiger partial charge >= 0.3 is 5.82 Å². The van der Waals surface area contributed by atoms with Gasteiger partial charge in [0.2, 0.25) is 0 Å². The van der Waals surface area contributed by atoms with Gasteiger partial charge in [0, 0.05) is 6.04 Å². The van der Waals surface area contributed by atoms with E-state index in [0.717, 1.165) is 19.3 Å². The van der Waals surface area contributed by atoms with E-state index in [1.165, 1.54) is 12.6 Å². The van der Waals surface area contributed by atoms with Crippen LogP contribution in [0.5, 0.6) is 0 Å². The number of anilines is 1. The summed E-state index contributed by atoms with van der Waals surface area (Å²) in [5.41, 5.74) is 6.25. The third-order valence-corrected chi connectivity index (χ3v) is 3.51. The molecule has 0 amide bonds. The summed E-state index contributed by atoms with van der Waals surface area (Å²) in [4.78, 5) is 14.2. The number of pyridine rings is 1. The van der Waals surface area contributed by atoms with Crippen molar-refractivity contribution >= 4 is 11.5 Å². The van der Waals surface area contributed by atoms with E-state index in [2.05, 4.69) is 10.3 Å². The Hall–Kier alpha value is -1.69. The van der Waals surface area contributed by atoms with Gasteiger partial charge in [-0.3, -0.25) is 0 Å². The Balaban J connectivity index is 2.15. The summed E-state index contributed by atoms with van der Waals surface area (Å²) in [5.74, 6) is 0.275. The highest BCUT2D eigenvalue weighted by atomic mass is 16.6. The number of hydrogen-bond acceptors (Lipinski definition) is 5. The molecule has 1 saturated carbocycles. The molecule has 0 aliphatic heterocycles. The molecule has 1 heterocycles. The largest absolute Gasteiger partial charge is 0.386 e. The summed E-state index contributed by atoms with van der Waals surface area (Å²) in [5, 5.41) is 14.1. The molecule has 98 valence electrons. The molecule has 0 bridgehead atoms. The molecular weight excluding hydrogens is 232 g/mol. The average Bonchev–Trinajstić information content (AvgIpc) is 2.40. The summed E-state index contributed by atoms with van der Waals surface area (Å²) < 4.78 is 0. The van der Waals surface area contributed by atoms with Gasteiger partial charge in [0.05, 0.1) is 0 Å². The van der Waals surface area contributed by atoms with Gasteiger partial charge in [-0.2, -0.15) is 0 Å². The highest BCUT2D eigenvalue weighted by Crippen LogP contribution is 2.29. The second-order valence-electron chi connectivity index (χ2n) is 4.66. The maximum Gasteiger partial charge on any atom is 0.386 e. The van der Waals surface area contributed by atoms with Crippen LogP contribution in [0, 0.1) is 16.0 Å². The highest BCUT2D eigenvalue weighted by molar-refractivity contribution is 5.57. The summed E-state index contributed by atoms with van der Waals surface area (Å²) in [6, 6.07) is 3.62. The fraction of sp³-hybridized carbons (Fsp3) is 0.583. The summed E-state index contributed by atoms with van der Waals surface area (Å²) >= 11 is 0. The lowest BCUT2D eigenvalue weighted by atomic mass is 9.84. The molecule has 2 atom stereocenters. The highest BCUT2D eigenvalue weighted by Gasteiger charge is 2.26. The lowest BCUT2D eigenvalue weighted by Gasteiger charge is -2.31. The van der Waals surface area contributed by atoms with Crippen LogP contribution < -0.4 is 11.1 Å². The van der Waals surface area contributed by atoms with Gasteiger partial charge in [0.15, 0.2) is 0 Å². The van der Waals surface area contributed by atoms with Crippen molar-refractivity contribution in [2.45, 2.75) is 31.7 Å². The Morgan fingerprint density at radius 3 is 3.00 bits per heavy atom. The molecule has 0 aromatic carbocycles. The monoisotopic (exact) mass is 250 g/mol. The molecule has 2 rings (SSSR count). The summed E-state index contributed by atoms with van der Waals surface area (Å²) in [6.45, 7) is 0.617. The molecule has 1 aliphatic rings. The van der Waals surface area contributed by atoms with Crippen LogP contribution in [0.2, 0.25) is 0 Å². The van der Waals surface area contributed by atoms with Crippen LogP contribution in [-0.2, 0) is 0 Å². The van der Waals surface area contributed by atoms with Gasteiger partial charge < -0.3 is 21.2 Å². The van der Waals surface area contributed by atoms with Crippen LogP contribution in [-0.4, -0.2) is 22.5 Å². The number of hydrogen-bond donors (Lipinski definition) is 2. The first-order valence-electron chi connectivity index (χ1n) is 6.28. The second kappa shape index (κ2) is 5.77. The lowest BCUT2D eigenvalue weighted by molar-refractivity contribution is -0.388. The van der Waals surface area contributed by atoms with Gasteiger partial charge in [-0.1, -0.05) is 12.8 Å². The Labute approximate surface area is 106 Å². The normalized spacial score (nSPS) is 23.6. The van der Waals surface area contributed by atoms with Gasteiger partial charge in [0.25, 0.3) is 0 Å². The molecule has 0 radical (unpaired) electrons. The standard InChI is InChI=1S/C12H18N4O2/c13-8-9-4-1-2-5-10(9)15-11-6-3-7-14-12(11)16(17)18/h3,6-7,9-10,15H,1-2,4-5,8,13H2. The van der Waals surface area contributed by atoms with Crippen LogP contribution in [0.1, 0.15) is 25.7 Å². The first-order valence-corrected chi connectivity index (χ1v) is 6.28. The van der Waals surface area contributed by atoms with E-state index >= 15 is 0 Å².